The smallest absolute Gasteiger partial charge is 0.340 e. The van der Waals surface area contributed by atoms with Crippen molar-refractivity contribution in [1.82, 2.24) is 0 Å². The molecule has 0 spiro atoms. The van der Waals surface area contributed by atoms with Gasteiger partial charge in [0.15, 0.2) is 6.10 Å². The molecule has 0 aliphatic rings. The summed E-state index contributed by atoms with van der Waals surface area (Å²) in [7, 11) is 0. The quantitative estimate of drug-likeness (QED) is 0.400. The van der Waals surface area contributed by atoms with Crippen LogP contribution >= 0.6 is 11.6 Å². The van der Waals surface area contributed by atoms with Crippen molar-refractivity contribution in [2.75, 3.05) is 5.32 Å². The van der Waals surface area contributed by atoms with Crippen LogP contribution in [0.5, 0.6) is 0 Å². The largest absolute Gasteiger partial charge is 0.449 e. The summed E-state index contributed by atoms with van der Waals surface area (Å²) in [5, 5.41) is 13.4. The Balaban J connectivity index is 2.09. The Labute approximate surface area is 167 Å². The molecule has 0 aromatic heterocycles. The standard InChI is InChI=1S/C20H21ClN2O5/c1-4-12(2)15-7-5-6-8-18(15)22-19(24)13(3)28-20(25)16-10-9-14(23(26)27)11-17(16)21/h5-13H,4H2,1-3H3,(H,22,24)/t12-,13-/m1/s1. The second kappa shape index (κ2) is 9.32. The first-order chi connectivity index (χ1) is 13.2. The molecule has 2 atom stereocenters. The van der Waals surface area contributed by atoms with Crippen LogP contribution in [0.25, 0.3) is 0 Å². The van der Waals surface area contributed by atoms with E-state index in [1.807, 2.05) is 18.2 Å². The predicted molar refractivity (Wildman–Crippen MR) is 107 cm³/mol. The second-order valence-electron chi connectivity index (χ2n) is 6.35. The number of amides is 1. The average molecular weight is 405 g/mol. The van der Waals surface area contributed by atoms with Crippen LogP contribution in [-0.2, 0) is 9.53 Å². The average Bonchev–Trinajstić information content (AvgIpc) is 2.67. The minimum absolute atomic E-state index is 0.0491. The van der Waals surface area contributed by atoms with Crippen LogP contribution in [0.1, 0.15) is 49.0 Å². The molecule has 0 fully saturated rings. The van der Waals surface area contributed by atoms with Gasteiger partial charge in [0.05, 0.1) is 15.5 Å². The number of nitro groups is 1. The fourth-order valence-corrected chi connectivity index (χ4v) is 2.81. The molecule has 28 heavy (non-hydrogen) atoms. The normalized spacial score (nSPS) is 12.7. The number of benzene rings is 2. The first kappa shape index (κ1) is 21.4. The van der Waals surface area contributed by atoms with E-state index in [1.165, 1.54) is 13.0 Å². The van der Waals surface area contributed by atoms with E-state index in [2.05, 4.69) is 19.2 Å². The van der Waals surface area contributed by atoms with Crippen LogP contribution in [-0.4, -0.2) is 22.9 Å². The fourth-order valence-electron chi connectivity index (χ4n) is 2.56. The van der Waals surface area contributed by atoms with E-state index in [0.717, 1.165) is 24.1 Å². The van der Waals surface area contributed by atoms with E-state index in [-0.39, 0.29) is 22.2 Å². The van der Waals surface area contributed by atoms with E-state index in [4.69, 9.17) is 16.3 Å². The molecule has 8 heteroatoms. The van der Waals surface area contributed by atoms with E-state index in [1.54, 1.807) is 6.07 Å². The molecule has 0 bridgehead atoms. The summed E-state index contributed by atoms with van der Waals surface area (Å²) >= 11 is 5.93. The number of carbonyl (C=O) groups excluding carboxylic acids is 2. The molecule has 148 valence electrons. The topological polar surface area (TPSA) is 98.5 Å². The van der Waals surface area contributed by atoms with E-state index < -0.39 is 22.9 Å². The van der Waals surface area contributed by atoms with Crippen LogP contribution in [0, 0.1) is 10.1 Å². The Kier molecular flexibility index (Phi) is 7.12. The van der Waals surface area contributed by atoms with E-state index >= 15 is 0 Å². The highest BCUT2D eigenvalue weighted by atomic mass is 35.5. The number of hydrogen-bond donors (Lipinski definition) is 1. The molecule has 0 heterocycles. The number of hydrogen-bond acceptors (Lipinski definition) is 5. The SMILES string of the molecule is CC[C@@H](C)c1ccccc1NC(=O)[C@@H](C)OC(=O)c1ccc([N+](=O)[O-])cc1Cl. The van der Waals surface area contributed by atoms with Gasteiger partial charge in [-0.2, -0.15) is 0 Å². The maximum atomic E-state index is 12.5. The van der Waals surface area contributed by atoms with Crippen LogP contribution in [0.2, 0.25) is 5.02 Å². The van der Waals surface area contributed by atoms with Crippen molar-refractivity contribution in [2.24, 2.45) is 0 Å². The highest BCUT2D eigenvalue weighted by Gasteiger charge is 2.23. The summed E-state index contributed by atoms with van der Waals surface area (Å²) < 4.78 is 5.17. The van der Waals surface area contributed by atoms with E-state index in [9.17, 15) is 19.7 Å². The van der Waals surface area contributed by atoms with Crippen LogP contribution in [0.15, 0.2) is 42.5 Å². The highest BCUT2D eigenvalue weighted by molar-refractivity contribution is 6.33. The first-order valence-corrected chi connectivity index (χ1v) is 9.17. The van der Waals surface area contributed by atoms with Crippen molar-refractivity contribution >= 4 is 34.9 Å². The number of carbonyl (C=O) groups is 2. The van der Waals surface area contributed by atoms with Crippen molar-refractivity contribution < 1.29 is 19.2 Å². The third-order valence-corrected chi connectivity index (χ3v) is 4.71. The zero-order valence-corrected chi connectivity index (χ0v) is 16.5. The molecule has 0 saturated carbocycles. The fraction of sp³-hybridized carbons (Fsp3) is 0.300. The number of anilines is 1. The van der Waals surface area contributed by atoms with Gasteiger partial charge in [-0.15, -0.1) is 0 Å². The van der Waals surface area contributed by atoms with Gasteiger partial charge < -0.3 is 10.1 Å². The summed E-state index contributed by atoms with van der Waals surface area (Å²) in [6.45, 7) is 5.56. The van der Waals surface area contributed by atoms with Gasteiger partial charge in [-0.05, 0) is 37.0 Å². The van der Waals surface area contributed by atoms with Crippen LogP contribution in [0.3, 0.4) is 0 Å². The summed E-state index contributed by atoms with van der Waals surface area (Å²) in [6, 6.07) is 10.9. The summed E-state index contributed by atoms with van der Waals surface area (Å²) in [5.41, 5.74) is 1.37. The van der Waals surface area contributed by atoms with Crippen molar-refractivity contribution in [3.63, 3.8) is 0 Å². The van der Waals surface area contributed by atoms with Gasteiger partial charge in [0.1, 0.15) is 0 Å². The number of rotatable bonds is 7. The third kappa shape index (κ3) is 5.07. The van der Waals surface area contributed by atoms with Crippen molar-refractivity contribution in [2.45, 2.75) is 39.2 Å². The molecule has 1 amide bonds. The number of nitrogens with zero attached hydrogens (tertiary/aromatic N) is 1. The highest BCUT2D eigenvalue weighted by Crippen LogP contribution is 2.27. The van der Waals surface area contributed by atoms with Crippen molar-refractivity contribution in [3.05, 3.63) is 68.7 Å². The Morgan fingerprint density at radius 3 is 2.50 bits per heavy atom. The predicted octanol–water partition coefficient (Wildman–Crippen LogP) is 4.95. The zero-order chi connectivity index (χ0) is 20.8. The Morgan fingerprint density at radius 1 is 1.21 bits per heavy atom. The number of halogens is 1. The lowest BCUT2D eigenvalue weighted by Gasteiger charge is -2.18. The molecule has 7 nitrogen and oxygen atoms in total. The molecule has 0 aliphatic heterocycles. The Morgan fingerprint density at radius 2 is 1.89 bits per heavy atom. The van der Waals surface area contributed by atoms with E-state index in [0.29, 0.717) is 5.69 Å². The molecule has 2 aromatic carbocycles. The molecule has 0 saturated heterocycles. The van der Waals surface area contributed by atoms with Gasteiger partial charge in [0.2, 0.25) is 0 Å². The Bertz CT molecular complexity index is 900. The maximum Gasteiger partial charge on any atom is 0.340 e. The lowest BCUT2D eigenvalue weighted by molar-refractivity contribution is -0.384. The Hall–Kier alpha value is -2.93. The van der Waals surface area contributed by atoms with Gasteiger partial charge in [-0.25, -0.2) is 4.79 Å². The number of para-hydroxylation sites is 1. The molecular formula is C20H21ClN2O5. The van der Waals surface area contributed by atoms with Gasteiger partial charge >= 0.3 is 5.97 Å². The molecule has 0 aliphatic carbocycles. The van der Waals surface area contributed by atoms with Crippen LogP contribution in [0.4, 0.5) is 11.4 Å². The first-order valence-electron chi connectivity index (χ1n) is 8.79. The molecule has 2 rings (SSSR count). The lowest BCUT2D eigenvalue weighted by Crippen LogP contribution is -2.30. The molecule has 2 aromatic rings. The number of nitrogens with one attached hydrogen (secondary N) is 1. The lowest BCUT2D eigenvalue weighted by atomic mass is 9.97. The minimum atomic E-state index is -1.08. The van der Waals surface area contributed by atoms with Gasteiger partial charge in [-0.1, -0.05) is 43.6 Å². The molecular weight excluding hydrogens is 384 g/mol. The molecule has 0 radical (unpaired) electrons. The van der Waals surface area contributed by atoms with Crippen molar-refractivity contribution in [1.29, 1.82) is 0 Å². The monoisotopic (exact) mass is 404 g/mol. The molecule has 0 unspecified atom stereocenters. The summed E-state index contributed by atoms with van der Waals surface area (Å²) in [4.78, 5) is 34.9. The summed E-state index contributed by atoms with van der Waals surface area (Å²) in [5.74, 6) is -1.06. The number of nitro benzene ring substituents is 1. The zero-order valence-electron chi connectivity index (χ0n) is 15.8. The number of ether oxygens (including phenoxy) is 1. The number of non-ortho nitro benzene ring substituents is 1. The van der Waals surface area contributed by atoms with Crippen molar-refractivity contribution in [3.8, 4) is 0 Å². The second-order valence-corrected chi connectivity index (χ2v) is 6.76. The number of esters is 1. The van der Waals surface area contributed by atoms with Gasteiger partial charge in [0, 0.05) is 17.8 Å². The van der Waals surface area contributed by atoms with Crippen LogP contribution < -0.4 is 5.32 Å². The van der Waals surface area contributed by atoms with Gasteiger partial charge in [-0.3, -0.25) is 14.9 Å². The maximum absolute atomic E-state index is 12.5. The minimum Gasteiger partial charge on any atom is -0.449 e. The van der Waals surface area contributed by atoms with Gasteiger partial charge in [0.25, 0.3) is 11.6 Å². The summed E-state index contributed by atoms with van der Waals surface area (Å²) in [6.07, 6.45) is -0.167. The molecule has 1 N–H and O–H groups in total. The third-order valence-electron chi connectivity index (χ3n) is 4.40.